The highest BCUT2D eigenvalue weighted by molar-refractivity contribution is 7.98. The lowest BCUT2D eigenvalue weighted by atomic mass is 10.0. The molecule has 51 heavy (non-hydrogen) atoms. The van der Waals surface area contributed by atoms with Gasteiger partial charge in [0.15, 0.2) is 5.69 Å². The Balaban J connectivity index is 1.32. The second-order valence-electron chi connectivity index (χ2n) is 13.7. The number of amides is 3. The van der Waals surface area contributed by atoms with E-state index in [0.29, 0.717) is 35.9 Å². The Morgan fingerprint density at radius 2 is 1.80 bits per heavy atom. The Hall–Kier alpha value is -4.33. The molecule has 2 aliphatic carbocycles. The van der Waals surface area contributed by atoms with Crippen molar-refractivity contribution in [2.24, 2.45) is 5.92 Å². The third kappa shape index (κ3) is 7.95. The van der Waals surface area contributed by atoms with Gasteiger partial charge in [-0.3, -0.25) is 9.59 Å². The molecule has 2 aliphatic heterocycles. The molecule has 3 heterocycles. The first-order valence-corrected chi connectivity index (χ1v) is 19.0. The SMILES string of the molecule is COC(=O)c1cc(O[C@@H]2C[C@H]3C(=O)N[C@]4(C(=O)OC)CC4/C=C\CCCCC[C@H](NC(=O)OC4CCCC4)C(=O)N3C2)c2cccc(SC)c2n1. The van der Waals surface area contributed by atoms with Crippen LogP contribution in [-0.2, 0) is 28.6 Å². The molecule has 1 unspecified atom stereocenters. The zero-order valence-electron chi connectivity index (χ0n) is 29.3. The number of fused-ring (bicyclic) bond motifs is 3. The minimum Gasteiger partial charge on any atom is -0.488 e. The summed E-state index contributed by atoms with van der Waals surface area (Å²) in [5.74, 6) is -2.01. The second-order valence-corrected chi connectivity index (χ2v) is 14.5. The predicted octanol–water partition coefficient (Wildman–Crippen LogP) is 4.70. The average molecular weight is 723 g/mol. The van der Waals surface area contributed by atoms with Crippen LogP contribution in [0.25, 0.3) is 10.9 Å². The van der Waals surface area contributed by atoms with Crippen LogP contribution in [0.1, 0.15) is 81.1 Å². The summed E-state index contributed by atoms with van der Waals surface area (Å²) in [5, 5.41) is 6.42. The van der Waals surface area contributed by atoms with E-state index in [2.05, 4.69) is 15.6 Å². The fraction of sp³-hybridized carbons (Fsp3) is 0.568. The Morgan fingerprint density at radius 1 is 1.02 bits per heavy atom. The third-order valence-electron chi connectivity index (χ3n) is 10.3. The number of thioether (sulfide) groups is 1. The van der Waals surface area contributed by atoms with Crippen molar-refractivity contribution in [3.05, 3.63) is 42.1 Å². The van der Waals surface area contributed by atoms with Crippen LogP contribution in [-0.4, -0.2) is 96.6 Å². The lowest BCUT2D eigenvalue weighted by molar-refractivity contribution is -0.148. The van der Waals surface area contributed by atoms with Gasteiger partial charge in [0.25, 0.3) is 0 Å². The van der Waals surface area contributed by atoms with Gasteiger partial charge in [0.2, 0.25) is 11.8 Å². The highest BCUT2D eigenvalue weighted by Crippen LogP contribution is 2.46. The van der Waals surface area contributed by atoms with Crippen LogP contribution in [0.2, 0.25) is 0 Å². The zero-order valence-corrected chi connectivity index (χ0v) is 30.1. The molecule has 2 saturated carbocycles. The van der Waals surface area contributed by atoms with Crippen molar-refractivity contribution >= 4 is 52.5 Å². The number of rotatable bonds is 7. The first-order chi connectivity index (χ1) is 24.7. The van der Waals surface area contributed by atoms with E-state index in [1.165, 1.54) is 36.9 Å². The summed E-state index contributed by atoms with van der Waals surface area (Å²) in [7, 11) is 2.56. The van der Waals surface area contributed by atoms with E-state index in [-0.39, 0.29) is 30.7 Å². The highest BCUT2D eigenvalue weighted by atomic mass is 32.2. The summed E-state index contributed by atoms with van der Waals surface area (Å²) < 4.78 is 22.3. The lowest BCUT2D eigenvalue weighted by Gasteiger charge is -2.29. The van der Waals surface area contributed by atoms with Crippen molar-refractivity contribution in [2.75, 3.05) is 27.0 Å². The Labute approximate surface area is 301 Å². The summed E-state index contributed by atoms with van der Waals surface area (Å²) in [5.41, 5.74) is -0.618. The van der Waals surface area contributed by atoms with Crippen molar-refractivity contribution < 1.29 is 42.9 Å². The molecule has 6 rings (SSSR count). The van der Waals surface area contributed by atoms with Gasteiger partial charge in [-0.2, -0.15) is 0 Å². The van der Waals surface area contributed by atoms with Crippen LogP contribution in [0.3, 0.4) is 0 Å². The molecular formula is C37H46N4O9S. The van der Waals surface area contributed by atoms with Gasteiger partial charge in [-0.25, -0.2) is 19.4 Å². The molecule has 3 fully saturated rings. The number of carbonyl (C=O) groups is 5. The number of nitrogens with one attached hydrogen (secondary N) is 2. The number of allylic oxidation sites excluding steroid dienone is 1. The molecule has 1 saturated heterocycles. The lowest BCUT2D eigenvalue weighted by Crippen LogP contribution is -2.56. The zero-order chi connectivity index (χ0) is 36.1. The molecule has 14 heteroatoms. The van der Waals surface area contributed by atoms with E-state index >= 15 is 0 Å². The summed E-state index contributed by atoms with van der Waals surface area (Å²) in [6.07, 6.45) is 11.9. The molecule has 1 aromatic carbocycles. The van der Waals surface area contributed by atoms with E-state index in [1.807, 2.05) is 36.6 Å². The van der Waals surface area contributed by atoms with Crippen LogP contribution in [0.4, 0.5) is 4.79 Å². The number of para-hydroxylation sites is 1. The van der Waals surface area contributed by atoms with Crippen molar-refractivity contribution in [3.8, 4) is 5.75 Å². The molecular weight excluding hydrogens is 676 g/mol. The number of nitrogens with zero attached hydrogens (tertiary/aromatic N) is 2. The average Bonchev–Trinajstić information content (AvgIpc) is 3.41. The molecule has 2 aromatic rings. The van der Waals surface area contributed by atoms with Gasteiger partial charge in [-0.1, -0.05) is 31.1 Å². The molecule has 0 radical (unpaired) electrons. The quantitative estimate of drug-likeness (QED) is 0.176. The predicted molar refractivity (Wildman–Crippen MR) is 188 cm³/mol. The Kier molecular flexibility index (Phi) is 11.4. The van der Waals surface area contributed by atoms with Gasteiger partial charge >= 0.3 is 18.0 Å². The van der Waals surface area contributed by atoms with Gasteiger partial charge in [-0.15, -0.1) is 11.8 Å². The molecule has 0 spiro atoms. The fourth-order valence-corrected chi connectivity index (χ4v) is 8.05. The number of benzene rings is 1. The molecule has 274 valence electrons. The van der Waals surface area contributed by atoms with E-state index in [1.54, 1.807) is 0 Å². The minimum absolute atomic E-state index is 0.0148. The van der Waals surface area contributed by atoms with Gasteiger partial charge < -0.3 is 34.5 Å². The van der Waals surface area contributed by atoms with Crippen molar-refractivity contribution in [3.63, 3.8) is 0 Å². The van der Waals surface area contributed by atoms with Crippen molar-refractivity contribution in [1.82, 2.24) is 20.5 Å². The monoisotopic (exact) mass is 722 g/mol. The Bertz CT molecular complexity index is 1700. The topological polar surface area (TPSA) is 162 Å². The maximum absolute atomic E-state index is 14.5. The van der Waals surface area contributed by atoms with Crippen LogP contribution in [0.5, 0.6) is 5.75 Å². The van der Waals surface area contributed by atoms with Gasteiger partial charge in [0.05, 0.1) is 26.3 Å². The maximum Gasteiger partial charge on any atom is 0.408 e. The van der Waals surface area contributed by atoms with Gasteiger partial charge in [0, 0.05) is 28.7 Å². The molecule has 2 N–H and O–H groups in total. The molecule has 13 nitrogen and oxygen atoms in total. The summed E-state index contributed by atoms with van der Waals surface area (Å²) in [6.45, 7) is 0.0148. The minimum atomic E-state index is -1.23. The van der Waals surface area contributed by atoms with Crippen LogP contribution < -0.4 is 15.4 Å². The summed E-state index contributed by atoms with van der Waals surface area (Å²) in [4.78, 5) is 74.2. The van der Waals surface area contributed by atoms with E-state index in [0.717, 1.165) is 49.8 Å². The first-order valence-electron chi connectivity index (χ1n) is 17.7. The molecule has 3 amide bonds. The normalized spacial score (nSPS) is 27.6. The summed E-state index contributed by atoms with van der Waals surface area (Å²) in [6, 6.07) is 5.14. The summed E-state index contributed by atoms with van der Waals surface area (Å²) >= 11 is 1.47. The third-order valence-corrected chi connectivity index (χ3v) is 11.1. The van der Waals surface area contributed by atoms with Gasteiger partial charge in [0.1, 0.15) is 35.6 Å². The van der Waals surface area contributed by atoms with E-state index in [9.17, 15) is 24.0 Å². The van der Waals surface area contributed by atoms with E-state index in [4.69, 9.17) is 18.9 Å². The highest BCUT2D eigenvalue weighted by Gasteiger charge is 2.62. The molecule has 1 aromatic heterocycles. The molecule has 5 atom stereocenters. The smallest absolute Gasteiger partial charge is 0.408 e. The van der Waals surface area contributed by atoms with Crippen molar-refractivity contribution in [2.45, 2.75) is 105 Å². The van der Waals surface area contributed by atoms with Crippen molar-refractivity contribution in [1.29, 1.82) is 0 Å². The second kappa shape index (κ2) is 15.9. The number of hydrogen-bond donors (Lipinski definition) is 2. The Morgan fingerprint density at radius 3 is 2.55 bits per heavy atom. The van der Waals surface area contributed by atoms with Crippen LogP contribution >= 0.6 is 11.8 Å². The molecule has 0 bridgehead atoms. The number of aromatic nitrogens is 1. The van der Waals surface area contributed by atoms with Crippen LogP contribution in [0, 0.1) is 5.92 Å². The maximum atomic E-state index is 14.5. The number of carbonyl (C=O) groups excluding carboxylic acids is 5. The standard InChI is InChI=1S/C37H46N4O9S/c1-47-34(44)27-19-29(25-15-11-17-30(51-3)31(25)38-27)49-24-18-28-32(42)40-37(35(45)48-2)20-22(37)12-7-5-4-6-8-16-26(33(43)41(28)21-24)39-36(46)50-23-13-9-10-14-23/h7,11-12,15,17,19,22-24,26,28H,4-6,8-10,13-14,16,18,20-21H2,1-3H3,(H,39,46)(H,40,42)/b12-7-/t22?,24-,26+,28+,37-/m1/s1. The first kappa shape index (κ1) is 36.5. The van der Waals surface area contributed by atoms with E-state index < -0.39 is 53.6 Å². The number of ether oxygens (including phenoxy) is 4. The van der Waals surface area contributed by atoms with Gasteiger partial charge in [-0.05, 0) is 69.8 Å². The number of hydrogen-bond acceptors (Lipinski definition) is 11. The number of esters is 2. The fourth-order valence-electron chi connectivity index (χ4n) is 7.49. The van der Waals surface area contributed by atoms with Crippen LogP contribution in [0.15, 0.2) is 41.3 Å². The largest absolute Gasteiger partial charge is 0.488 e. The number of alkyl carbamates (subject to hydrolysis) is 1. The number of pyridine rings is 1. The number of methoxy groups -OCH3 is 2. The molecule has 4 aliphatic rings.